The minimum atomic E-state index is -1.20. The quantitative estimate of drug-likeness (QED) is 0.847. The molecule has 6 nitrogen and oxygen atoms in total. The minimum absolute atomic E-state index is 0.444. The Morgan fingerprint density at radius 2 is 2.05 bits per heavy atom. The Morgan fingerprint density at radius 1 is 1.43 bits per heavy atom. The molecule has 1 aromatic heterocycles. The zero-order valence-corrected chi connectivity index (χ0v) is 13.6. The van der Waals surface area contributed by atoms with Crippen LogP contribution in [0.4, 0.5) is 4.79 Å². The van der Waals surface area contributed by atoms with Gasteiger partial charge in [-0.3, -0.25) is 4.68 Å². The molecular weight excluding hydrogens is 270 g/mol. The van der Waals surface area contributed by atoms with Crippen LogP contribution in [0.15, 0.2) is 12.3 Å². The van der Waals surface area contributed by atoms with Crippen molar-refractivity contribution in [3.8, 4) is 0 Å². The van der Waals surface area contributed by atoms with E-state index in [4.69, 9.17) is 4.74 Å². The van der Waals surface area contributed by atoms with E-state index < -0.39 is 17.2 Å². The average Bonchev–Trinajstić information content (AvgIpc) is 2.74. The Hall–Kier alpha value is -1.85. The number of amides is 1. The Balaban J connectivity index is 2.86. The zero-order chi connectivity index (χ0) is 16.3. The lowest BCUT2D eigenvalue weighted by molar-refractivity contribution is -0.113. The highest BCUT2D eigenvalue weighted by Crippen LogP contribution is 2.18. The van der Waals surface area contributed by atoms with Crippen molar-refractivity contribution in [2.24, 2.45) is 5.92 Å². The number of carbonyl (C=O) groups is 2. The second-order valence-corrected chi connectivity index (χ2v) is 6.76. The maximum absolute atomic E-state index is 11.9. The maximum atomic E-state index is 11.9. The number of rotatable bonds is 5. The molecule has 1 N–H and O–H groups in total. The Labute approximate surface area is 125 Å². The van der Waals surface area contributed by atoms with Gasteiger partial charge >= 0.3 is 6.09 Å². The van der Waals surface area contributed by atoms with Crippen LogP contribution in [0.1, 0.15) is 47.2 Å². The van der Waals surface area contributed by atoms with Crippen LogP contribution in [0.2, 0.25) is 0 Å². The monoisotopic (exact) mass is 295 g/mol. The highest BCUT2D eigenvalue weighted by molar-refractivity contribution is 5.77. The van der Waals surface area contributed by atoms with Crippen molar-refractivity contribution in [3.63, 3.8) is 0 Å². The van der Waals surface area contributed by atoms with Crippen molar-refractivity contribution in [2.75, 3.05) is 0 Å². The Kier molecular flexibility index (Phi) is 5.15. The molecule has 6 heteroatoms. The van der Waals surface area contributed by atoms with Gasteiger partial charge in [-0.25, -0.2) is 4.79 Å². The Morgan fingerprint density at radius 3 is 2.52 bits per heavy atom. The summed E-state index contributed by atoms with van der Waals surface area (Å²) in [7, 11) is 0. The van der Waals surface area contributed by atoms with Crippen LogP contribution in [0.5, 0.6) is 0 Å². The lowest BCUT2D eigenvalue weighted by Gasteiger charge is -2.26. The molecule has 1 aromatic rings. The van der Waals surface area contributed by atoms with Crippen LogP contribution in [0, 0.1) is 5.92 Å². The van der Waals surface area contributed by atoms with Crippen LogP contribution < -0.4 is 5.32 Å². The normalized spacial score (nSPS) is 14.6. The molecular formula is C15H25N3O3. The second-order valence-electron chi connectivity index (χ2n) is 6.76. The van der Waals surface area contributed by atoms with Gasteiger partial charge in [0.2, 0.25) is 0 Å². The lowest BCUT2D eigenvalue weighted by atomic mass is 10.0. The van der Waals surface area contributed by atoms with Crippen molar-refractivity contribution in [2.45, 2.75) is 59.2 Å². The van der Waals surface area contributed by atoms with E-state index in [1.54, 1.807) is 44.6 Å². The van der Waals surface area contributed by atoms with Crippen LogP contribution in [-0.2, 0) is 21.6 Å². The van der Waals surface area contributed by atoms with Crippen molar-refractivity contribution in [1.82, 2.24) is 15.1 Å². The lowest BCUT2D eigenvalue weighted by Crippen LogP contribution is -2.47. The number of nitrogens with zero attached hydrogens (tertiary/aromatic N) is 2. The first-order valence-electron chi connectivity index (χ1n) is 7.07. The predicted molar refractivity (Wildman–Crippen MR) is 79.9 cm³/mol. The summed E-state index contributed by atoms with van der Waals surface area (Å²) >= 11 is 0. The van der Waals surface area contributed by atoms with Gasteiger partial charge in [0, 0.05) is 12.7 Å². The van der Waals surface area contributed by atoms with Gasteiger partial charge in [0.05, 0.1) is 5.69 Å². The van der Waals surface area contributed by atoms with Gasteiger partial charge < -0.3 is 14.8 Å². The Bertz CT molecular complexity index is 503. The number of hydrogen-bond acceptors (Lipinski definition) is 4. The van der Waals surface area contributed by atoms with E-state index in [2.05, 4.69) is 24.3 Å². The summed E-state index contributed by atoms with van der Waals surface area (Å²) in [6, 6.07) is 1.73. The molecule has 1 heterocycles. The fourth-order valence-corrected chi connectivity index (χ4v) is 1.78. The molecule has 0 bridgehead atoms. The van der Waals surface area contributed by atoms with Crippen molar-refractivity contribution >= 4 is 12.4 Å². The first-order chi connectivity index (χ1) is 9.55. The molecule has 21 heavy (non-hydrogen) atoms. The maximum Gasteiger partial charge on any atom is 0.408 e. The largest absolute Gasteiger partial charge is 0.444 e. The van der Waals surface area contributed by atoms with E-state index >= 15 is 0 Å². The summed E-state index contributed by atoms with van der Waals surface area (Å²) in [5.41, 5.74) is -1.33. The molecule has 1 rings (SSSR count). The van der Waals surface area contributed by atoms with E-state index in [-0.39, 0.29) is 0 Å². The van der Waals surface area contributed by atoms with Gasteiger partial charge in [0.1, 0.15) is 11.1 Å². The highest BCUT2D eigenvalue weighted by Gasteiger charge is 2.32. The molecule has 0 saturated carbocycles. The number of carbonyl (C=O) groups excluding carboxylic acids is 2. The minimum Gasteiger partial charge on any atom is -0.444 e. The topological polar surface area (TPSA) is 73.2 Å². The van der Waals surface area contributed by atoms with E-state index in [9.17, 15) is 9.59 Å². The molecule has 0 aliphatic carbocycles. The van der Waals surface area contributed by atoms with Gasteiger partial charge in [0.25, 0.3) is 0 Å². The molecule has 0 spiro atoms. The number of alkyl carbamates (subject to hydrolysis) is 1. The molecule has 1 unspecified atom stereocenters. The van der Waals surface area contributed by atoms with E-state index in [1.165, 1.54) is 0 Å². The summed E-state index contributed by atoms with van der Waals surface area (Å²) in [6.07, 6.45) is 1.82. The molecule has 0 aliphatic rings. The molecule has 118 valence electrons. The molecule has 0 radical (unpaired) electrons. The number of ether oxygens (including phenoxy) is 1. The van der Waals surface area contributed by atoms with Gasteiger partial charge in [-0.05, 0) is 39.7 Å². The summed E-state index contributed by atoms with van der Waals surface area (Å²) in [5.74, 6) is 0.444. The third-order valence-corrected chi connectivity index (χ3v) is 2.72. The van der Waals surface area contributed by atoms with Crippen molar-refractivity contribution in [3.05, 3.63) is 18.0 Å². The van der Waals surface area contributed by atoms with E-state index in [1.807, 2.05) is 0 Å². The summed E-state index contributed by atoms with van der Waals surface area (Å²) < 4.78 is 6.95. The number of aldehydes is 1. The summed E-state index contributed by atoms with van der Waals surface area (Å²) in [6.45, 7) is 11.8. The molecule has 0 saturated heterocycles. The average molecular weight is 295 g/mol. The van der Waals surface area contributed by atoms with Crippen LogP contribution in [0.25, 0.3) is 0 Å². The van der Waals surface area contributed by atoms with Gasteiger partial charge in [0.15, 0.2) is 6.29 Å². The summed E-state index contributed by atoms with van der Waals surface area (Å²) in [4.78, 5) is 23.3. The molecule has 0 fully saturated rings. The third kappa shape index (κ3) is 5.21. The number of nitrogens with one attached hydrogen (secondary N) is 1. The molecule has 0 aromatic carbocycles. The first kappa shape index (κ1) is 17.2. The third-order valence-electron chi connectivity index (χ3n) is 2.72. The van der Waals surface area contributed by atoms with E-state index in [0.29, 0.717) is 17.9 Å². The fourth-order valence-electron chi connectivity index (χ4n) is 1.78. The van der Waals surface area contributed by atoms with Crippen LogP contribution in [-0.4, -0.2) is 27.8 Å². The fraction of sp³-hybridized carbons (Fsp3) is 0.667. The highest BCUT2D eigenvalue weighted by atomic mass is 16.6. The first-order valence-corrected chi connectivity index (χ1v) is 7.07. The smallest absolute Gasteiger partial charge is 0.408 e. The van der Waals surface area contributed by atoms with Crippen LogP contribution >= 0.6 is 0 Å². The standard InChI is InChI=1S/C15H25N3O3/c1-11(2)9-18-8-7-12(17-18)15(6,10-19)16-13(20)21-14(3,4)5/h7-8,10-11H,9H2,1-6H3,(H,16,20). The van der Waals surface area contributed by atoms with Crippen molar-refractivity contribution < 1.29 is 14.3 Å². The molecule has 1 atom stereocenters. The van der Waals surface area contributed by atoms with Gasteiger partial charge in [-0.15, -0.1) is 0 Å². The van der Waals surface area contributed by atoms with Gasteiger partial charge in [-0.2, -0.15) is 5.10 Å². The SMILES string of the molecule is CC(C)Cn1ccc(C(C)(C=O)NC(=O)OC(C)(C)C)n1. The zero-order valence-electron chi connectivity index (χ0n) is 13.6. The van der Waals surface area contributed by atoms with E-state index in [0.717, 1.165) is 6.54 Å². The molecule has 0 aliphatic heterocycles. The predicted octanol–water partition coefficient (Wildman–Crippen LogP) is 2.48. The molecule has 1 amide bonds. The van der Waals surface area contributed by atoms with Crippen LogP contribution in [0.3, 0.4) is 0 Å². The summed E-state index contributed by atoms with van der Waals surface area (Å²) in [5, 5.41) is 6.94. The second kappa shape index (κ2) is 6.28. The number of aromatic nitrogens is 2. The number of hydrogen-bond donors (Lipinski definition) is 1. The van der Waals surface area contributed by atoms with Crippen molar-refractivity contribution in [1.29, 1.82) is 0 Å². The van der Waals surface area contributed by atoms with Gasteiger partial charge in [-0.1, -0.05) is 13.8 Å².